The first kappa shape index (κ1) is 11.3. The second kappa shape index (κ2) is 4.36. The number of anilines is 1. The minimum Gasteiger partial charge on any atom is -0.467 e. The first-order chi connectivity index (χ1) is 8.11. The second-order valence-corrected chi connectivity index (χ2v) is 3.64. The summed E-state index contributed by atoms with van der Waals surface area (Å²) in [7, 11) is 1.35. The zero-order chi connectivity index (χ0) is 12.4. The quantitative estimate of drug-likeness (QED) is 0.776. The Balaban J connectivity index is 2.34. The topological polar surface area (TPSA) is 81.4 Å². The van der Waals surface area contributed by atoms with E-state index < -0.39 is 6.04 Å². The average Bonchev–Trinajstić information content (AvgIpc) is 2.75. The molecule has 17 heavy (non-hydrogen) atoms. The van der Waals surface area contributed by atoms with E-state index in [1.165, 1.54) is 18.0 Å². The zero-order valence-corrected chi connectivity index (χ0v) is 9.84. The Morgan fingerprint density at radius 2 is 2.35 bits per heavy atom. The van der Waals surface area contributed by atoms with Crippen LogP contribution in [-0.4, -0.2) is 38.7 Å². The van der Waals surface area contributed by atoms with Crippen molar-refractivity contribution in [2.24, 2.45) is 0 Å². The van der Waals surface area contributed by atoms with Gasteiger partial charge in [-0.05, 0) is 13.8 Å². The Bertz CT molecular complexity index is 551. The molecule has 90 valence electrons. The number of ether oxygens (including phenoxy) is 1. The highest BCUT2D eigenvalue weighted by molar-refractivity contribution is 5.78. The molecule has 0 saturated carbocycles. The monoisotopic (exact) mass is 235 g/mol. The Hall–Kier alpha value is -2.18. The van der Waals surface area contributed by atoms with Crippen LogP contribution in [0.5, 0.6) is 0 Å². The maximum absolute atomic E-state index is 11.3. The van der Waals surface area contributed by atoms with Gasteiger partial charge in [0.25, 0.3) is 5.78 Å². The SMILES string of the molecule is COC(=O)C(C)Nc1cc(C)nc2ncnn12. The molecule has 2 aromatic rings. The third kappa shape index (κ3) is 2.17. The van der Waals surface area contributed by atoms with E-state index in [0.29, 0.717) is 11.6 Å². The highest BCUT2D eigenvalue weighted by Gasteiger charge is 2.15. The number of fused-ring (bicyclic) bond motifs is 1. The number of hydrogen-bond acceptors (Lipinski definition) is 6. The van der Waals surface area contributed by atoms with Gasteiger partial charge in [0.1, 0.15) is 18.2 Å². The molecule has 0 amide bonds. The molecule has 2 rings (SSSR count). The first-order valence-electron chi connectivity index (χ1n) is 5.13. The molecule has 0 radical (unpaired) electrons. The van der Waals surface area contributed by atoms with Crippen molar-refractivity contribution in [3.8, 4) is 0 Å². The van der Waals surface area contributed by atoms with Crippen molar-refractivity contribution < 1.29 is 9.53 Å². The fourth-order valence-electron chi connectivity index (χ4n) is 1.49. The molecule has 0 bridgehead atoms. The van der Waals surface area contributed by atoms with E-state index in [-0.39, 0.29) is 5.97 Å². The summed E-state index contributed by atoms with van der Waals surface area (Å²) in [6.07, 6.45) is 1.41. The van der Waals surface area contributed by atoms with Crippen LogP contribution in [0.2, 0.25) is 0 Å². The summed E-state index contributed by atoms with van der Waals surface area (Å²) in [5.74, 6) is 0.806. The van der Waals surface area contributed by atoms with E-state index >= 15 is 0 Å². The third-order valence-electron chi connectivity index (χ3n) is 2.30. The van der Waals surface area contributed by atoms with Crippen molar-refractivity contribution in [1.82, 2.24) is 19.6 Å². The molecule has 1 N–H and O–H groups in total. The van der Waals surface area contributed by atoms with Crippen molar-refractivity contribution in [3.63, 3.8) is 0 Å². The maximum atomic E-state index is 11.3. The van der Waals surface area contributed by atoms with E-state index in [0.717, 1.165) is 5.69 Å². The Kier molecular flexibility index (Phi) is 2.90. The smallest absolute Gasteiger partial charge is 0.328 e. The third-order valence-corrected chi connectivity index (χ3v) is 2.30. The van der Waals surface area contributed by atoms with Gasteiger partial charge in [0.15, 0.2) is 0 Å². The minimum atomic E-state index is -0.464. The number of esters is 1. The standard InChI is InChI=1S/C10H13N5O2/c1-6-4-8(14-7(2)9(16)17-3)15-10(13-6)11-5-12-15/h4-5,7,14H,1-3H3. The van der Waals surface area contributed by atoms with E-state index in [9.17, 15) is 4.79 Å². The average molecular weight is 235 g/mol. The Labute approximate surface area is 97.8 Å². The lowest BCUT2D eigenvalue weighted by Crippen LogP contribution is -2.28. The van der Waals surface area contributed by atoms with Crippen molar-refractivity contribution in [2.75, 3.05) is 12.4 Å². The van der Waals surface area contributed by atoms with Crippen molar-refractivity contribution in [3.05, 3.63) is 18.1 Å². The molecule has 0 aliphatic carbocycles. The van der Waals surface area contributed by atoms with E-state index in [4.69, 9.17) is 0 Å². The second-order valence-electron chi connectivity index (χ2n) is 3.64. The molecule has 1 unspecified atom stereocenters. The Morgan fingerprint density at radius 3 is 3.06 bits per heavy atom. The van der Waals surface area contributed by atoms with Crippen LogP contribution in [0, 0.1) is 6.92 Å². The molecule has 7 nitrogen and oxygen atoms in total. The van der Waals surface area contributed by atoms with Gasteiger partial charge in [-0.25, -0.2) is 9.78 Å². The number of nitrogens with zero attached hydrogens (tertiary/aromatic N) is 4. The molecule has 0 aliphatic rings. The van der Waals surface area contributed by atoms with Crippen LogP contribution < -0.4 is 5.32 Å². The Morgan fingerprint density at radius 1 is 1.59 bits per heavy atom. The molecule has 2 aromatic heterocycles. The largest absolute Gasteiger partial charge is 0.467 e. The number of nitrogens with one attached hydrogen (secondary N) is 1. The summed E-state index contributed by atoms with van der Waals surface area (Å²) < 4.78 is 6.18. The summed E-state index contributed by atoms with van der Waals surface area (Å²) in [5.41, 5.74) is 0.796. The maximum Gasteiger partial charge on any atom is 0.328 e. The predicted octanol–water partition coefficient (Wildman–Crippen LogP) is 0.406. The summed E-state index contributed by atoms with van der Waals surface area (Å²) in [4.78, 5) is 19.5. The summed E-state index contributed by atoms with van der Waals surface area (Å²) >= 11 is 0. The van der Waals surface area contributed by atoms with Crippen LogP contribution in [0.15, 0.2) is 12.4 Å². The zero-order valence-electron chi connectivity index (χ0n) is 9.84. The van der Waals surface area contributed by atoms with Crippen LogP contribution in [0.1, 0.15) is 12.6 Å². The molecule has 0 aromatic carbocycles. The van der Waals surface area contributed by atoms with Gasteiger partial charge in [0, 0.05) is 11.8 Å². The van der Waals surface area contributed by atoms with Crippen LogP contribution in [0.3, 0.4) is 0 Å². The molecule has 7 heteroatoms. The molecule has 0 fully saturated rings. The number of carbonyl (C=O) groups excluding carboxylic acids is 1. The van der Waals surface area contributed by atoms with Gasteiger partial charge >= 0.3 is 5.97 Å². The molecule has 0 spiro atoms. The molecular weight excluding hydrogens is 222 g/mol. The number of rotatable bonds is 3. The van der Waals surface area contributed by atoms with E-state index in [1.54, 1.807) is 13.0 Å². The number of carbonyl (C=O) groups is 1. The number of aromatic nitrogens is 4. The van der Waals surface area contributed by atoms with Crippen LogP contribution in [0.25, 0.3) is 5.78 Å². The fourth-order valence-corrected chi connectivity index (χ4v) is 1.49. The molecule has 2 heterocycles. The van der Waals surface area contributed by atoms with Gasteiger partial charge in [0.05, 0.1) is 7.11 Å². The van der Waals surface area contributed by atoms with Gasteiger partial charge in [-0.3, -0.25) is 0 Å². The lowest BCUT2D eigenvalue weighted by Gasteiger charge is -2.13. The van der Waals surface area contributed by atoms with E-state index in [1.807, 2.05) is 6.92 Å². The normalized spacial score (nSPS) is 12.4. The highest BCUT2D eigenvalue weighted by atomic mass is 16.5. The number of methoxy groups -OCH3 is 1. The first-order valence-corrected chi connectivity index (χ1v) is 5.13. The van der Waals surface area contributed by atoms with Gasteiger partial charge in [-0.15, -0.1) is 0 Å². The molecule has 1 atom stereocenters. The molecule has 0 aliphatic heterocycles. The number of aryl methyl sites for hydroxylation is 1. The van der Waals surface area contributed by atoms with Gasteiger partial charge in [-0.2, -0.15) is 14.6 Å². The van der Waals surface area contributed by atoms with Crippen LogP contribution in [0.4, 0.5) is 5.82 Å². The number of hydrogen-bond donors (Lipinski definition) is 1. The minimum absolute atomic E-state index is 0.340. The lowest BCUT2D eigenvalue weighted by atomic mass is 10.3. The van der Waals surface area contributed by atoms with Crippen molar-refractivity contribution >= 4 is 17.6 Å². The van der Waals surface area contributed by atoms with Crippen molar-refractivity contribution in [2.45, 2.75) is 19.9 Å². The molecular formula is C10H13N5O2. The summed E-state index contributed by atoms with van der Waals surface area (Å²) in [5, 5.41) is 7.03. The summed E-state index contributed by atoms with van der Waals surface area (Å²) in [6.45, 7) is 3.56. The van der Waals surface area contributed by atoms with Gasteiger partial charge < -0.3 is 10.1 Å². The predicted molar refractivity (Wildman–Crippen MR) is 60.6 cm³/mol. The van der Waals surface area contributed by atoms with Crippen LogP contribution in [-0.2, 0) is 9.53 Å². The molecule has 0 saturated heterocycles. The fraction of sp³-hybridized carbons (Fsp3) is 0.400. The van der Waals surface area contributed by atoms with E-state index in [2.05, 4.69) is 25.1 Å². The summed E-state index contributed by atoms with van der Waals surface area (Å²) in [6, 6.07) is 1.33. The van der Waals surface area contributed by atoms with Crippen LogP contribution >= 0.6 is 0 Å². The van der Waals surface area contributed by atoms with Crippen molar-refractivity contribution in [1.29, 1.82) is 0 Å². The highest BCUT2D eigenvalue weighted by Crippen LogP contribution is 2.11. The van der Waals surface area contributed by atoms with Gasteiger partial charge in [-0.1, -0.05) is 0 Å². The van der Waals surface area contributed by atoms with Gasteiger partial charge in [0.2, 0.25) is 0 Å². The lowest BCUT2D eigenvalue weighted by molar-refractivity contribution is -0.141.